The number of nitrogens with one attached hydrogen (secondary N) is 1. The molecule has 0 saturated carbocycles. The Morgan fingerprint density at radius 2 is 1.74 bits per heavy atom. The lowest BCUT2D eigenvalue weighted by Crippen LogP contribution is -2.05. The van der Waals surface area contributed by atoms with Gasteiger partial charge in [0.25, 0.3) is 0 Å². The van der Waals surface area contributed by atoms with Crippen molar-refractivity contribution >= 4 is 21.7 Å². The maximum atomic E-state index is 4.50. The van der Waals surface area contributed by atoms with Crippen LogP contribution in [0.1, 0.15) is 27.9 Å². The first-order valence-corrected chi connectivity index (χ1v) is 7.21. The van der Waals surface area contributed by atoms with Crippen LogP contribution in [0.15, 0.2) is 28.7 Å². The van der Waals surface area contributed by atoms with E-state index in [0.717, 1.165) is 22.5 Å². The minimum atomic E-state index is 0.807. The van der Waals surface area contributed by atoms with Crippen molar-refractivity contribution in [2.24, 2.45) is 0 Å². The number of aryl methyl sites for hydroxylation is 2. The molecule has 1 heterocycles. The van der Waals surface area contributed by atoms with Crippen LogP contribution in [0.3, 0.4) is 0 Å². The lowest BCUT2D eigenvalue weighted by Gasteiger charge is -2.13. The molecule has 0 bridgehead atoms. The molecule has 1 N–H and O–H groups in total. The number of nitrogens with zero attached hydrogens (tertiary/aromatic N) is 1. The summed E-state index contributed by atoms with van der Waals surface area (Å²) in [5.74, 6) is 0.915. The summed E-state index contributed by atoms with van der Waals surface area (Å²) in [4.78, 5) is 4.50. The fraction of sp³-hybridized carbons (Fsp3) is 0.312. The first kappa shape index (κ1) is 14.1. The van der Waals surface area contributed by atoms with E-state index in [1.807, 2.05) is 19.1 Å². The van der Waals surface area contributed by atoms with Crippen LogP contribution in [-0.4, -0.2) is 4.98 Å². The number of hydrogen-bond donors (Lipinski definition) is 1. The third-order valence-electron chi connectivity index (χ3n) is 3.65. The molecule has 0 aliphatic heterocycles. The van der Waals surface area contributed by atoms with Gasteiger partial charge in [0.2, 0.25) is 0 Å². The Kier molecular flexibility index (Phi) is 4.25. The molecule has 0 atom stereocenters. The van der Waals surface area contributed by atoms with Gasteiger partial charge in [-0.15, -0.1) is 0 Å². The zero-order valence-corrected chi connectivity index (χ0v) is 13.4. The van der Waals surface area contributed by atoms with Crippen molar-refractivity contribution < 1.29 is 0 Å². The van der Waals surface area contributed by atoms with Gasteiger partial charge in [0.1, 0.15) is 5.82 Å². The van der Waals surface area contributed by atoms with Gasteiger partial charge in [-0.3, -0.25) is 0 Å². The summed E-state index contributed by atoms with van der Waals surface area (Å²) in [7, 11) is 0. The summed E-state index contributed by atoms with van der Waals surface area (Å²) >= 11 is 3.46. The third kappa shape index (κ3) is 3.16. The largest absolute Gasteiger partial charge is 0.366 e. The van der Waals surface area contributed by atoms with Crippen molar-refractivity contribution in [2.45, 2.75) is 34.2 Å². The Morgan fingerprint density at radius 3 is 2.42 bits per heavy atom. The van der Waals surface area contributed by atoms with E-state index in [4.69, 9.17) is 0 Å². The fourth-order valence-corrected chi connectivity index (χ4v) is 2.25. The van der Waals surface area contributed by atoms with E-state index >= 15 is 0 Å². The van der Waals surface area contributed by atoms with E-state index in [1.54, 1.807) is 0 Å². The number of aromatic nitrogens is 1. The molecule has 1 aromatic carbocycles. The van der Waals surface area contributed by atoms with Crippen LogP contribution in [0.25, 0.3) is 0 Å². The Bertz CT molecular complexity index is 606. The molecule has 100 valence electrons. The Morgan fingerprint density at radius 1 is 1.00 bits per heavy atom. The molecule has 0 saturated heterocycles. The number of benzene rings is 1. The molecule has 2 nitrogen and oxygen atoms in total. The normalized spacial score (nSPS) is 10.6. The van der Waals surface area contributed by atoms with Gasteiger partial charge in [-0.05, 0) is 78.0 Å². The molecule has 2 rings (SSSR count). The smallest absolute Gasteiger partial charge is 0.126 e. The van der Waals surface area contributed by atoms with Crippen LogP contribution in [0.5, 0.6) is 0 Å². The van der Waals surface area contributed by atoms with Gasteiger partial charge in [-0.2, -0.15) is 0 Å². The number of pyridine rings is 1. The average Bonchev–Trinajstić information content (AvgIpc) is 2.39. The topological polar surface area (TPSA) is 24.9 Å². The molecule has 3 heteroatoms. The van der Waals surface area contributed by atoms with Gasteiger partial charge in [0, 0.05) is 11.0 Å². The minimum absolute atomic E-state index is 0.807. The maximum absolute atomic E-state index is 4.50. The zero-order chi connectivity index (χ0) is 14.0. The van der Waals surface area contributed by atoms with Crippen LogP contribution in [0.4, 0.5) is 5.82 Å². The van der Waals surface area contributed by atoms with Crippen molar-refractivity contribution in [3.63, 3.8) is 0 Å². The molecule has 0 radical (unpaired) electrons. The average molecular weight is 319 g/mol. The highest BCUT2D eigenvalue weighted by atomic mass is 79.9. The van der Waals surface area contributed by atoms with Crippen molar-refractivity contribution in [1.29, 1.82) is 0 Å². The SMILES string of the molecule is Cc1ccc(CNc2ccc(Br)c(C)n2)c(C)c1C. The predicted octanol–water partition coefficient (Wildman–Crippen LogP) is 4.69. The highest BCUT2D eigenvalue weighted by Crippen LogP contribution is 2.19. The van der Waals surface area contributed by atoms with E-state index in [-0.39, 0.29) is 0 Å². The highest BCUT2D eigenvalue weighted by molar-refractivity contribution is 9.10. The molecule has 0 amide bonds. The van der Waals surface area contributed by atoms with E-state index in [1.165, 1.54) is 22.3 Å². The van der Waals surface area contributed by atoms with Crippen molar-refractivity contribution in [3.05, 3.63) is 56.7 Å². The molecule has 0 fully saturated rings. The standard InChI is InChI=1S/C16H19BrN2/c1-10-5-6-14(12(3)11(10)2)9-18-16-8-7-15(17)13(4)19-16/h5-8H,9H2,1-4H3,(H,18,19). The summed E-state index contributed by atoms with van der Waals surface area (Å²) in [6.07, 6.45) is 0. The van der Waals surface area contributed by atoms with Crippen LogP contribution in [0.2, 0.25) is 0 Å². The monoisotopic (exact) mass is 318 g/mol. The van der Waals surface area contributed by atoms with Gasteiger partial charge in [-0.25, -0.2) is 4.98 Å². The quantitative estimate of drug-likeness (QED) is 0.888. The lowest BCUT2D eigenvalue weighted by atomic mass is 9.99. The van der Waals surface area contributed by atoms with Crippen molar-refractivity contribution in [2.75, 3.05) is 5.32 Å². The zero-order valence-electron chi connectivity index (χ0n) is 11.8. The van der Waals surface area contributed by atoms with E-state index in [2.05, 4.69) is 59.1 Å². The summed E-state index contributed by atoms with van der Waals surface area (Å²) < 4.78 is 1.04. The van der Waals surface area contributed by atoms with Gasteiger partial charge < -0.3 is 5.32 Å². The molecule has 19 heavy (non-hydrogen) atoms. The molecule has 0 spiro atoms. The third-order valence-corrected chi connectivity index (χ3v) is 4.49. The molecule has 0 aliphatic rings. The number of rotatable bonds is 3. The van der Waals surface area contributed by atoms with Gasteiger partial charge in [0.15, 0.2) is 0 Å². The number of anilines is 1. The molecule has 2 aromatic rings. The second-order valence-electron chi connectivity index (χ2n) is 4.91. The number of halogens is 1. The first-order valence-electron chi connectivity index (χ1n) is 6.41. The van der Waals surface area contributed by atoms with Gasteiger partial charge >= 0.3 is 0 Å². The van der Waals surface area contributed by atoms with Crippen molar-refractivity contribution in [1.82, 2.24) is 4.98 Å². The molecule has 0 aliphatic carbocycles. The van der Waals surface area contributed by atoms with Crippen LogP contribution < -0.4 is 5.32 Å². The molecular formula is C16H19BrN2. The lowest BCUT2D eigenvalue weighted by molar-refractivity contribution is 1.06. The van der Waals surface area contributed by atoms with Gasteiger partial charge in [0.05, 0.1) is 5.69 Å². The van der Waals surface area contributed by atoms with Crippen LogP contribution >= 0.6 is 15.9 Å². The minimum Gasteiger partial charge on any atom is -0.366 e. The highest BCUT2D eigenvalue weighted by Gasteiger charge is 2.04. The van der Waals surface area contributed by atoms with E-state index in [0.29, 0.717) is 0 Å². The maximum Gasteiger partial charge on any atom is 0.126 e. The number of hydrogen-bond acceptors (Lipinski definition) is 2. The van der Waals surface area contributed by atoms with Crippen LogP contribution in [-0.2, 0) is 6.54 Å². The van der Waals surface area contributed by atoms with Crippen molar-refractivity contribution in [3.8, 4) is 0 Å². The second kappa shape index (κ2) is 5.74. The summed E-state index contributed by atoms with van der Waals surface area (Å²) in [5, 5.41) is 3.38. The summed E-state index contributed by atoms with van der Waals surface area (Å²) in [5.41, 5.74) is 6.41. The Labute approximate surface area is 123 Å². The predicted molar refractivity (Wildman–Crippen MR) is 84.7 cm³/mol. The van der Waals surface area contributed by atoms with E-state index in [9.17, 15) is 0 Å². The van der Waals surface area contributed by atoms with Gasteiger partial charge in [-0.1, -0.05) is 12.1 Å². The Hall–Kier alpha value is -1.35. The molecule has 1 aromatic heterocycles. The molecular weight excluding hydrogens is 300 g/mol. The molecule has 0 unspecified atom stereocenters. The van der Waals surface area contributed by atoms with Crippen LogP contribution in [0, 0.1) is 27.7 Å². The summed E-state index contributed by atoms with van der Waals surface area (Å²) in [6.45, 7) is 9.31. The fourth-order valence-electron chi connectivity index (χ4n) is 2.03. The second-order valence-corrected chi connectivity index (χ2v) is 5.76. The summed E-state index contributed by atoms with van der Waals surface area (Å²) in [6, 6.07) is 8.39. The first-order chi connectivity index (χ1) is 8.99. The van der Waals surface area contributed by atoms with E-state index < -0.39 is 0 Å². The Balaban J connectivity index is 2.14.